The number of aliphatic carboxylic acids is 1. The molecule has 1 saturated heterocycles. The Hall–Kier alpha value is -2.67. The van der Waals surface area contributed by atoms with E-state index in [0.717, 1.165) is 17.7 Å². The maximum absolute atomic E-state index is 12.3. The predicted molar refractivity (Wildman–Crippen MR) is 133 cm³/mol. The van der Waals surface area contributed by atoms with Gasteiger partial charge < -0.3 is 20.1 Å². The topological polar surface area (TPSA) is 78.9 Å². The third-order valence-corrected chi connectivity index (χ3v) is 7.95. The first kappa shape index (κ1) is 23.5. The summed E-state index contributed by atoms with van der Waals surface area (Å²) in [6.45, 7) is 4.85. The van der Waals surface area contributed by atoms with Crippen molar-refractivity contribution in [3.8, 4) is 11.1 Å². The molecule has 6 nitrogen and oxygen atoms in total. The number of benzene rings is 2. The molecule has 0 aromatic heterocycles. The predicted octanol–water partition coefficient (Wildman–Crippen LogP) is 4.58. The number of hydrogen-bond acceptors (Lipinski definition) is 5. The molecule has 2 aromatic rings. The smallest absolute Gasteiger partial charge is 0.407 e. The molecule has 1 aliphatic carbocycles. The maximum Gasteiger partial charge on any atom is 0.407 e. The quantitative estimate of drug-likeness (QED) is 0.529. The SMILES string of the molecule is COC(=O)N[C@@H](Cc1ccc2c(c1N1C[C@@H](SC)C[C@H]1C(=O)O)Cc1ccccc1-2)C(C)C. The zero-order chi connectivity index (χ0) is 23.7. The summed E-state index contributed by atoms with van der Waals surface area (Å²) in [7, 11) is 1.37. The fraction of sp³-hybridized carbons (Fsp3) is 0.462. The number of carboxylic acid groups (broad SMARTS) is 1. The Labute approximate surface area is 199 Å². The molecule has 1 aliphatic heterocycles. The molecule has 3 atom stereocenters. The normalized spacial score (nSPS) is 19.8. The average Bonchev–Trinajstić information content (AvgIpc) is 3.39. The summed E-state index contributed by atoms with van der Waals surface area (Å²) in [4.78, 5) is 26.4. The second-order valence-corrected chi connectivity index (χ2v) is 10.4. The Morgan fingerprint density at radius 1 is 1.21 bits per heavy atom. The van der Waals surface area contributed by atoms with Crippen molar-refractivity contribution in [1.29, 1.82) is 0 Å². The summed E-state index contributed by atoms with van der Waals surface area (Å²) in [6, 6.07) is 12.0. The van der Waals surface area contributed by atoms with E-state index in [2.05, 4.69) is 60.5 Å². The largest absolute Gasteiger partial charge is 0.480 e. The highest BCUT2D eigenvalue weighted by Crippen LogP contribution is 2.46. The van der Waals surface area contributed by atoms with Gasteiger partial charge in [-0.2, -0.15) is 11.8 Å². The number of rotatable bonds is 7. The second kappa shape index (κ2) is 9.67. The molecular weight excluding hydrogens is 436 g/mol. The zero-order valence-electron chi connectivity index (χ0n) is 19.6. The second-order valence-electron chi connectivity index (χ2n) is 9.22. The molecule has 0 unspecified atom stereocenters. The highest BCUT2D eigenvalue weighted by molar-refractivity contribution is 7.99. The molecule has 0 spiro atoms. The van der Waals surface area contributed by atoms with Crippen molar-refractivity contribution < 1.29 is 19.4 Å². The first-order valence-corrected chi connectivity index (χ1v) is 12.7. The number of thioether (sulfide) groups is 1. The zero-order valence-corrected chi connectivity index (χ0v) is 20.4. The van der Waals surface area contributed by atoms with Crippen LogP contribution in [0.1, 0.15) is 37.0 Å². The lowest BCUT2D eigenvalue weighted by Gasteiger charge is -2.31. The number of hydrogen-bond donors (Lipinski definition) is 2. The summed E-state index contributed by atoms with van der Waals surface area (Å²) in [5.74, 6) is -0.589. The molecule has 1 amide bonds. The highest BCUT2D eigenvalue weighted by atomic mass is 32.2. The van der Waals surface area contributed by atoms with Crippen molar-refractivity contribution in [3.05, 3.63) is 53.1 Å². The van der Waals surface area contributed by atoms with Crippen LogP contribution in [0.25, 0.3) is 11.1 Å². The van der Waals surface area contributed by atoms with E-state index < -0.39 is 18.1 Å². The summed E-state index contributed by atoms with van der Waals surface area (Å²) in [5.41, 5.74) is 6.98. The van der Waals surface area contributed by atoms with Gasteiger partial charge in [-0.25, -0.2) is 9.59 Å². The minimum atomic E-state index is -0.779. The van der Waals surface area contributed by atoms with Crippen molar-refractivity contribution in [2.45, 2.75) is 50.4 Å². The van der Waals surface area contributed by atoms with Crippen molar-refractivity contribution in [2.24, 2.45) is 5.92 Å². The number of methoxy groups -OCH3 is 1. The molecule has 4 rings (SSSR count). The molecule has 2 aromatic carbocycles. The van der Waals surface area contributed by atoms with Crippen LogP contribution in [-0.2, 0) is 22.4 Å². The van der Waals surface area contributed by atoms with Gasteiger partial charge in [0.15, 0.2) is 0 Å². The number of carbonyl (C=O) groups excluding carboxylic acids is 1. The highest BCUT2D eigenvalue weighted by Gasteiger charge is 2.40. The van der Waals surface area contributed by atoms with Gasteiger partial charge in [0, 0.05) is 29.9 Å². The Bertz CT molecular complexity index is 1050. The van der Waals surface area contributed by atoms with E-state index in [1.54, 1.807) is 11.8 Å². The third kappa shape index (κ3) is 4.56. The number of carbonyl (C=O) groups is 2. The number of anilines is 1. The minimum absolute atomic E-state index is 0.125. The van der Waals surface area contributed by atoms with Gasteiger partial charge in [0.25, 0.3) is 0 Å². The summed E-state index contributed by atoms with van der Waals surface area (Å²) < 4.78 is 4.85. The Morgan fingerprint density at radius 3 is 2.64 bits per heavy atom. The molecule has 33 heavy (non-hydrogen) atoms. The van der Waals surface area contributed by atoms with Crippen molar-refractivity contribution in [3.63, 3.8) is 0 Å². The molecule has 176 valence electrons. The first-order chi connectivity index (χ1) is 15.8. The Morgan fingerprint density at radius 2 is 1.97 bits per heavy atom. The lowest BCUT2D eigenvalue weighted by molar-refractivity contribution is -0.138. The number of amides is 1. The number of nitrogens with zero attached hydrogens (tertiary/aromatic N) is 1. The van der Waals surface area contributed by atoms with E-state index in [1.165, 1.54) is 29.4 Å². The molecule has 0 radical (unpaired) electrons. The van der Waals surface area contributed by atoms with Crippen LogP contribution in [0.2, 0.25) is 0 Å². The monoisotopic (exact) mass is 468 g/mol. The minimum Gasteiger partial charge on any atom is -0.480 e. The van der Waals surface area contributed by atoms with E-state index in [0.29, 0.717) is 19.4 Å². The summed E-state index contributed by atoms with van der Waals surface area (Å²) in [5, 5.41) is 13.3. The van der Waals surface area contributed by atoms with Crippen LogP contribution < -0.4 is 10.2 Å². The van der Waals surface area contributed by atoms with E-state index in [4.69, 9.17) is 4.74 Å². The number of ether oxygens (including phenoxy) is 1. The van der Waals surface area contributed by atoms with E-state index in [-0.39, 0.29) is 17.2 Å². The van der Waals surface area contributed by atoms with Crippen molar-refractivity contribution in [1.82, 2.24) is 5.32 Å². The fourth-order valence-electron chi connectivity index (χ4n) is 5.12. The van der Waals surface area contributed by atoms with E-state index >= 15 is 0 Å². The van der Waals surface area contributed by atoms with Gasteiger partial charge in [0.2, 0.25) is 0 Å². The van der Waals surface area contributed by atoms with Gasteiger partial charge in [-0.3, -0.25) is 0 Å². The molecule has 1 heterocycles. The van der Waals surface area contributed by atoms with Crippen LogP contribution >= 0.6 is 11.8 Å². The van der Waals surface area contributed by atoms with Crippen LogP contribution in [0, 0.1) is 5.92 Å². The van der Waals surface area contributed by atoms with Crippen molar-refractivity contribution >= 4 is 29.5 Å². The molecule has 2 aliphatic rings. The number of carboxylic acids is 1. The number of fused-ring (bicyclic) bond motifs is 3. The van der Waals surface area contributed by atoms with E-state index in [9.17, 15) is 14.7 Å². The van der Waals surface area contributed by atoms with Gasteiger partial charge in [-0.05, 0) is 52.8 Å². The Balaban J connectivity index is 1.81. The standard InChI is InChI=1S/C26H32N2O4S/c1-15(2)22(27-26(31)32-3)12-17-9-10-20-19-8-6-5-7-16(19)11-21(20)24(17)28-14-18(33-4)13-23(28)25(29)30/h5-10,15,18,22-23H,11-14H2,1-4H3,(H,27,31)(H,29,30)/t18-,22-,23-/m0/s1. The summed E-state index contributed by atoms with van der Waals surface area (Å²) in [6.07, 6.45) is 3.63. The van der Waals surface area contributed by atoms with Gasteiger partial charge in [0.05, 0.1) is 7.11 Å². The van der Waals surface area contributed by atoms with Crippen LogP contribution in [0.4, 0.5) is 10.5 Å². The molecule has 0 bridgehead atoms. The molecule has 2 N–H and O–H groups in total. The van der Waals surface area contributed by atoms with Crippen LogP contribution in [-0.4, -0.2) is 54.4 Å². The first-order valence-electron chi connectivity index (χ1n) is 11.4. The fourth-order valence-corrected chi connectivity index (χ4v) is 5.80. The van der Waals surface area contributed by atoms with Gasteiger partial charge in [0.1, 0.15) is 6.04 Å². The Kier molecular flexibility index (Phi) is 6.88. The lowest BCUT2D eigenvalue weighted by atomic mass is 9.91. The van der Waals surface area contributed by atoms with Gasteiger partial charge in [-0.1, -0.05) is 50.2 Å². The summed E-state index contributed by atoms with van der Waals surface area (Å²) >= 11 is 1.73. The number of nitrogens with one attached hydrogen (secondary N) is 1. The number of alkyl carbamates (subject to hydrolysis) is 1. The maximum atomic E-state index is 12.3. The van der Waals surface area contributed by atoms with E-state index in [1.807, 2.05) is 6.26 Å². The van der Waals surface area contributed by atoms with Crippen LogP contribution in [0.3, 0.4) is 0 Å². The lowest BCUT2D eigenvalue weighted by Crippen LogP contribution is -2.41. The van der Waals surface area contributed by atoms with Gasteiger partial charge >= 0.3 is 12.1 Å². The average molecular weight is 469 g/mol. The van der Waals surface area contributed by atoms with Gasteiger partial charge in [-0.15, -0.1) is 0 Å². The molecule has 1 fully saturated rings. The van der Waals surface area contributed by atoms with Crippen LogP contribution in [0.15, 0.2) is 36.4 Å². The molecule has 0 saturated carbocycles. The van der Waals surface area contributed by atoms with Crippen molar-refractivity contribution in [2.75, 3.05) is 24.8 Å². The molecule has 7 heteroatoms. The molecular formula is C26H32N2O4S. The van der Waals surface area contributed by atoms with Crippen LogP contribution in [0.5, 0.6) is 0 Å². The third-order valence-electron chi connectivity index (χ3n) is 6.94.